The first kappa shape index (κ1) is 22.5. The molecule has 0 heterocycles. The predicted octanol–water partition coefficient (Wildman–Crippen LogP) is 3.50. The number of hydrogen-bond acceptors (Lipinski definition) is 4. The summed E-state index contributed by atoms with van der Waals surface area (Å²) in [4.78, 5) is 12.4. The highest BCUT2D eigenvalue weighted by atomic mass is 35.5. The number of halogens is 2. The number of nitrogens with one attached hydrogen (secondary N) is 1. The summed E-state index contributed by atoms with van der Waals surface area (Å²) >= 11 is 12.0. The number of carbonyl (C=O) groups is 1. The maximum absolute atomic E-state index is 12.3. The van der Waals surface area contributed by atoms with Gasteiger partial charge in [0.1, 0.15) is 5.75 Å². The second-order valence-corrected chi connectivity index (χ2v) is 9.27. The highest BCUT2D eigenvalue weighted by Crippen LogP contribution is 2.25. The Hall–Kier alpha value is -1.80. The quantitative estimate of drug-likeness (QED) is 0.675. The SMILES string of the molecule is COc1ccc(S(=O)(=O)N(C)C)cc1CCC(=O)NCc1ccc(Cl)cc1Cl. The average molecular weight is 445 g/mol. The monoisotopic (exact) mass is 444 g/mol. The normalized spacial score (nSPS) is 11.5. The molecule has 0 aliphatic carbocycles. The van der Waals surface area contributed by atoms with E-state index in [1.807, 2.05) is 0 Å². The van der Waals surface area contributed by atoms with Crippen LogP contribution in [0.5, 0.6) is 5.75 Å². The van der Waals surface area contributed by atoms with E-state index in [2.05, 4.69) is 5.32 Å². The van der Waals surface area contributed by atoms with Crippen LogP contribution in [-0.2, 0) is 27.8 Å². The minimum Gasteiger partial charge on any atom is -0.496 e. The van der Waals surface area contributed by atoms with E-state index in [9.17, 15) is 13.2 Å². The molecular weight excluding hydrogens is 423 g/mol. The number of methoxy groups -OCH3 is 1. The Morgan fingerprint density at radius 2 is 1.82 bits per heavy atom. The first-order valence-corrected chi connectivity index (χ1v) is 10.6. The van der Waals surface area contributed by atoms with Gasteiger partial charge in [-0.2, -0.15) is 0 Å². The molecule has 2 aromatic rings. The van der Waals surface area contributed by atoms with E-state index in [4.69, 9.17) is 27.9 Å². The van der Waals surface area contributed by atoms with Gasteiger partial charge < -0.3 is 10.1 Å². The van der Waals surface area contributed by atoms with Crippen LogP contribution in [0.3, 0.4) is 0 Å². The Labute approximate surface area is 175 Å². The largest absolute Gasteiger partial charge is 0.496 e. The first-order chi connectivity index (χ1) is 13.1. The molecule has 152 valence electrons. The molecule has 0 saturated heterocycles. The van der Waals surface area contributed by atoms with Crippen molar-refractivity contribution in [1.82, 2.24) is 9.62 Å². The van der Waals surface area contributed by atoms with Crippen molar-refractivity contribution in [2.75, 3.05) is 21.2 Å². The lowest BCUT2D eigenvalue weighted by Crippen LogP contribution is -2.23. The molecule has 0 aliphatic rings. The van der Waals surface area contributed by atoms with Gasteiger partial charge in [-0.3, -0.25) is 4.79 Å². The van der Waals surface area contributed by atoms with Gasteiger partial charge in [0.25, 0.3) is 0 Å². The molecule has 0 saturated carbocycles. The number of rotatable bonds is 8. The van der Waals surface area contributed by atoms with Gasteiger partial charge >= 0.3 is 0 Å². The van der Waals surface area contributed by atoms with E-state index in [1.54, 1.807) is 24.3 Å². The molecule has 0 atom stereocenters. The number of carbonyl (C=O) groups excluding carboxylic acids is 1. The first-order valence-electron chi connectivity index (χ1n) is 8.45. The van der Waals surface area contributed by atoms with Crippen LogP contribution in [0.2, 0.25) is 10.0 Å². The minimum atomic E-state index is -3.57. The van der Waals surface area contributed by atoms with E-state index in [0.717, 1.165) is 9.87 Å². The van der Waals surface area contributed by atoms with E-state index >= 15 is 0 Å². The number of aryl methyl sites for hydroxylation is 1. The summed E-state index contributed by atoms with van der Waals surface area (Å²) in [5.41, 5.74) is 1.40. The van der Waals surface area contributed by atoms with Gasteiger partial charge in [0, 0.05) is 37.1 Å². The van der Waals surface area contributed by atoms with Crippen LogP contribution < -0.4 is 10.1 Å². The summed E-state index contributed by atoms with van der Waals surface area (Å²) in [6.45, 7) is 0.279. The fourth-order valence-electron chi connectivity index (χ4n) is 2.52. The standard InChI is InChI=1S/C19H22Cl2N2O4S/c1-23(2)28(25,26)16-7-8-18(27-3)13(10-16)5-9-19(24)22-12-14-4-6-15(20)11-17(14)21/h4,6-8,10-11H,5,9,12H2,1-3H3,(H,22,24). The van der Waals surface area contributed by atoms with Crippen molar-refractivity contribution in [3.63, 3.8) is 0 Å². The molecule has 0 radical (unpaired) electrons. The van der Waals surface area contributed by atoms with Gasteiger partial charge in [0.05, 0.1) is 12.0 Å². The summed E-state index contributed by atoms with van der Waals surface area (Å²) in [5.74, 6) is 0.347. The molecule has 0 aliphatic heterocycles. The molecule has 0 bridgehead atoms. The van der Waals surface area contributed by atoms with Crippen molar-refractivity contribution >= 4 is 39.1 Å². The van der Waals surface area contributed by atoms with Crippen molar-refractivity contribution in [3.05, 3.63) is 57.6 Å². The van der Waals surface area contributed by atoms with Gasteiger partial charge in [-0.15, -0.1) is 0 Å². The lowest BCUT2D eigenvalue weighted by Gasteiger charge is -2.14. The summed E-state index contributed by atoms with van der Waals surface area (Å²) in [6.07, 6.45) is 0.507. The van der Waals surface area contributed by atoms with E-state index in [-0.39, 0.29) is 23.8 Å². The zero-order valence-corrected chi connectivity index (χ0v) is 18.2. The maximum atomic E-state index is 12.3. The van der Waals surface area contributed by atoms with Crippen molar-refractivity contribution in [2.45, 2.75) is 24.3 Å². The van der Waals surface area contributed by atoms with E-state index < -0.39 is 10.0 Å². The fraction of sp³-hybridized carbons (Fsp3) is 0.316. The lowest BCUT2D eigenvalue weighted by atomic mass is 10.1. The van der Waals surface area contributed by atoms with Crippen LogP contribution in [-0.4, -0.2) is 39.8 Å². The summed E-state index contributed by atoms with van der Waals surface area (Å²) in [7, 11) is 0.870. The number of sulfonamides is 1. The molecule has 2 aromatic carbocycles. The smallest absolute Gasteiger partial charge is 0.242 e. The molecule has 6 nitrogen and oxygen atoms in total. The second-order valence-electron chi connectivity index (χ2n) is 6.27. The third kappa shape index (κ3) is 5.61. The zero-order valence-electron chi connectivity index (χ0n) is 15.8. The molecule has 28 heavy (non-hydrogen) atoms. The maximum Gasteiger partial charge on any atom is 0.242 e. The molecule has 9 heteroatoms. The molecule has 2 rings (SSSR count). The Morgan fingerprint density at radius 3 is 2.43 bits per heavy atom. The fourth-order valence-corrected chi connectivity index (χ4v) is 3.95. The van der Waals surface area contributed by atoms with Crippen LogP contribution in [0.1, 0.15) is 17.5 Å². The van der Waals surface area contributed by atoms with Crippen LogP contribution >= 0.6 is 23.2 Å². The van der Waals surface area contributed by atoms with Gasteiger partial charge in [-0.05, 0) is 47.9 Å². The molecule has 0 spiro atoms. The Bertz CT molecular complexity index is 962. The summed E-state index contributed by atoms with van der Waals surface area (Å²) < 4.78 is 31.1. The summed E-state index contributed by atoms with van der Waals surface area (Å²) in [5, 5.41) is 3.81. The van der Waals surface area contributed by atoms with E-state index in [1.165, 1.54) is 33.3 Å². The van der Waals surface area contributed by atoms with Crippen molar-refractivity contribution in [3.8, 4) is 5.75 Å². The van der Waals surface area contributed by atoms with Crippen molar-refractivity contribution < 1.29 is 17.9 Å². The zero-order chi connectivity index (χ0) is 20.9. The molecule has 1 N–H and O–H groups in total. The Morgan fingerprint density at radius 1 is 1.11 bits per heavy atom. The average Bonchev–Trinajstić information content (AvgIpc) is 2.65. The molecule has 1 amide bonds. The number of amides is 1. The van der Waals surface area contributed by atoms with Crippen LogP contribution in [0.15, 0.2) is 41.3 Å². The predicted molar refractivity (Wildman–Crippen MR) is 110 cm³/mol. The molecular formula is C19H22Cl2N2O4S. The highest BCUT2D eigenvalue weighted by molar-refractivity contribution is 7.89. The number of benzene rings is 2. The summed E-state index contributed by atoms with van der Waals surface area (Å²) in [6, 6.07) is 9.70. The van der Waals surface area contributed by atoms with Crippen molar-refractivity contribution in [1.29, 1.82) is 0 Å². The molecule has 0 fully saturated rings. The van der Waals surface area contributed by atoms with Crippen LogP contribution in [0, 0.1) is 0 Å². The number of hydrogen-bond donors (Lipinski definition) is 1. The Balaban J connectivity index is 2.05. The third-order valence-corrected chi connectivity index (χ3v) is 6.54. The van der Waals surface area contributed by atoms with Crippen molar-refractivity contribution in [2.24, 2.45) is 0 Å². The van der Waals surface area contributed by atoms with Crippen LogP contribution in [0.25, 0.3) is 0 Å². The van der Waals surface area contributed by atoms with Crippen LogP contribution in [0.4, 0.5) is 0 Å². The van der Waals surface area contributed by atoms with E-state index in [0.29, 0.717) is 27.8 Å². The van der Waals surface area contributed by atoms with Gasteiger partial charge in [-0.25, -0.2) is 12.7 Å². The third-order valence-electron chi connectivity index (χ3n) is 4.14. The van der Waals surface area contributed by atoms with Gasteiger partial charge in [0.2, 0.25) is 15.9 Å². The molecule has 0 aromatic heterocycles. The Kier molecular flexibility index (Phi) is 7.71. The minimum absolute atomic E-state index is 0.154. The number of ether oxygens (including phenoxy) is 1. The number of nitrogens with zero attached hydrogens (tertiary/aromatic N) is 1. The lowest BCUT2D eigenvalue weighted by molar-refractivity contribution is -0.121. The van der Waals surface area contributed by atoms with Gasteiger partial charge in [0.15, 0.2) is 0 Å². The second kappa shape index (κ2) is 9.60. The van der Waals surface area contributed by atoms with Gasteiger partial charge in [-0.1, -0.05) is 29.3 Å². The molecule has 0 unspecified atom stereocenters. The highest BCUT2D eigenvalue weighted by Gasteiger charge is 2.19. The topological polar surface area (TPSA) is 75.7 Å².